The molecule has 0 saturated heterocycles. The van der Waals surface area contributed by atoms with Gasteiger partial charge in [-0.3, -0.25) is 10.0 Å². The lowest BCUT2D eigenvalue weighted by molar-refractivity contribution is -0.151. The number of fused-ring (bicyclic) bond motifs is 1. The van der Waals surface area contributed by atoms with E-state index in [2.05, 4.69) is 34.6 Å². The Kier molecular flexibility index (Phi) is 6.35. The fraction of sp³-hybridized carbons (Fsp3) is 0.526. The Labute approximate surface area is 153 Å². The van der Waals surface area contributed by atoms with Crippen molar-refractivity contribution in [3.05, 3.63) is 47.2 Å². The number of carbonyl (C=O) groups is 1. The van der Waals surface area contributed by atoms with E-state index in [1.807, 2.05) is 12.1 Å². The predicted molar refractivity (Wildman–Crippen MR) is 95.5 cm³/mol. The molecular formula is C19H26N4O3. The molecule has 1 aliphatic heterocycles. The van der Waals surface area contributed by atoms with Crippen LogP contribution in [-0.2, 0) is 17.8 Å². The van der Waals surface area contributed by atoms with Crippen molar-refractivity contribution in [3.8, 4) is 0 Å². The van der Waals surface area contributed by atoms with Gasteiger partial charge in [0.1, 0.15) is 0 Å². The van der Waals surface area contributed by atoms with E-state index < -0.39 is 0 Å². The van der Waals surface area contributed by atoms with Crippen LogP contribution in [0.4, 0.5) is 0 Å². The molecule has 3 rings (SSSR count). The molecule has 2 atom stereocenters. The number of rotatable bonds is 9. The number of hydrogen-bond donors (Lipinski definition) is 2. The number of hydroxylamine groups is 2. The van der Waals surface area contributed by atoms with Crippen LogP contribution in [-0.4, -0.2) is 33.4 Å². The number of nitrogens with one attached hydrogen (secondary N) is 1. The summed E-state index contributed by atoms with van der Waals surface area (Å²) in [4.78, 5) is 10.8. The minimum atomic E-state index is -0.158. The van der Waals surface area contributed by atoms with Gasteiger partial charge in [-0.2, -0.15) is 0 Å². The number of benzene rings is 1. The van der Waals surface area contributed by atoms with Crippen LogP contribution in [0.2, 0.25) is 0 Å². The highest BCUT2D eigenvalue weighted by atomic mass is 16.5. The van der Waals surface area contributed by atoms with E-state index in [1.165, 1.54) is 11.1 Å². The Balaban J connectivity index is 1.71. The quantitative estimate of drug-likeness (QED) is 0.310. The molecule has 0 saturated carbocycles. The Hall–Kier alpha value is -2.25. The number of unbranched alkanes of at least 4 members (excludes halogenated alkanes) is 2. The predicted octanol–water partition coefficient (Wildman–Crippen LogP) is 2.97. The first-order valence-corrected chi connectivity index (χ1v) is 9.25. The molecule has 0 radical (unpaired) electrons. The van der Waals surface area contributed by atoms with Gasteiger partial charge < -0.3 is 9.73 Å². The van der Waals surface area contributed by atoms with Gasteiger partial charge in [-0.15, -0.1) is 10.2 Å². The monoisotopic (exact) mass is 358 g/mol. The molecule has 26 heavy (non-hydrogen) atoms. The molecule has 2 N–H and O–H groups in total. The van der Waals surface area contributed by atoms with Crippen LogP contribution in [0.1, 0.15) is 67.5 Å². The summed E-state index contributed by atoms with van der Waals surface area (Å²) in [7, 11) is 0. The lowest BCUT2D eigenvalue weighted by atomic mass is 9.96. The van der Waals surface area contributed by atoms with Crippen LogP contribution in [0, 0.1) is 0 Å². The van der Waals surface area contributed by atoms with Gasteiger partial charge in [-0.25, -0.2) is 5.06 Å². The van der Waals surface area contributed by atoms with Gasteiger partial charge in [0.2, 0.25) is 18.2 Å². The summed E-state index contributed by atoms with van der Waals surface area (Å²) < 4.78 is 5.94. The molecule has 2 aromatic rings. The summed E-state index contributed by atoms with van der Waals surface area (Å²) in [5, 5.41) is 22.1. The molecule has 1 unspecified atom stereocenters. The fourth-order valence-electron chi connectivity index (χ4n) is 3.38. The Morgan fingerprint density at radius 1 is 1.35 bits per heavy atom. The maximum atomic E-state index is 10.8. The van der Waals surface area contributed by atoms with Crippen LogP contribution in [0.5, 0.6) is 0 Å². The number of carbonyl (C=O) groups excluding carboxylic acids is 1. The Bertz CT molecular complexity index is 718. The zero-order valence-corrected chi connectivity index (χ0v) is 15.1. The number of amides is 1. The Morgan fingerprint density at radius 2 is 2.15 bits per heavy atom. The van der Waals surface area contributed by atoms with E-state index in [4.69, 9.17) is 4.42 Å². The molecule has 0 aliphatic carbocycles. The molecule has 2 heterocycles. The fourth-order valence-corrected chi connectivity index (χ4v) is 3.38. The zero-order valence-electron chi connectivity index (χ0n) is 15.1. The molecule has 1 aliphatic rings. The van der Waals surface area contributed by atoms with Crippen LogP contribution in [0.3, 0.4) is 0 Å². The molecule has 1 aromatic heterocycles. The third-order valence-corrected chi connectivity index (χ3v) is 4.87. The van der Waals surface area contributed by atoms with Crippen molar-refractivity contribution < 1.29 is 14.4 Å². The molecule has 7 heteroatoms. The number of hydrogen-bond acceptors (Lipinski definition) is 6. The molecule has 1 amide bonds. The average Bonchev–Trinajstić information content (AvgIpc) is 3.17. The van der Waals surface area contributed by atoms with Crippen molar-refractivity contribution >= 4 is 6.41 Å². The van der Waals surface area contributed by atoms with Gasteiger partial charge in [-0.1, -0.05) is 50.5 Å². The molecule has 0 fully saturated rings. The van der Waals surface area contributed by atoms with E-state index in [9.17, 15) is 10.0 Å². The normalized spacial score (nSPS) is 17.5. The third-order valence-electron chi connectivity index (χ3n) is 4.87. The summed E-state index contributed by atoms with van der Waals surface area (Å²) >= 11 is 0. The standard InChI is InChI=1S/C19H26N4O3/c1-2-3-4-9-16(12-23(25)13-24)18-21-22-19(26-18)17-10-14-7-5-6-8-15(14)11-20-17/h5-8,13,16-17,20,25H,2-4,9-12H2,1H3/t16-,17?/m0/s1. The summed E-state index contributed by atoms with van der Waals surface area (Å²) in [5.74, 6) is 0.886. The number of aromatic nitrogens is 2. The minimum Gasteiger partial charge on any atom is -0.423 e. The van der Waals surface area contributed by atoms with E-state index in [-0.39, 0.29) is 18.5 Å². The lowest BCUT2D eigenvalue weighted by Gasteiger charge is -2.23. The van der Waals surface area contributed by atoms with Crippen LogP contribution in [0.25, 0.3) is 0 Å². The van der Waals surface area contributed by atoms with Crippen LogP contribution >= 0.6 is 0 Å². The molecule has 0 spiro atoms. The molecule has 1 aromatic carbocycles. The maximum Gasteiger partial charge on any atom is 0.233 e. The first kappa shape index (κ1) is 18.5. The molecule has 140 valence electrons. The van der Waals surface area contributed by atoms with Gasteiger partial charge in [0.05, 0.1) is 18.5 Å². The van der Waals surface area contributed by atoms with E-state index in [0.29, 0.717) is 23.3 Å². The largest absolute Gasteiger partial charge is 0.423 e. The van der Waals surface area contributed by atoms with Crippen molar-refractivity contribution in [1.82, 2.24) is 20.6 Å². The highest BCUT2D eigenvalue weighted by Gasteiger charge is 2.26. The molecular weight excluding hydrogens is 332 g/mol. The smallest absolute Gasteiger partial charge is 0.233 e. The van der Waals surface area contributed by atoms with Crippen molar-refractivity contribution in [3.63, 3.8) is 0 Å². The average molecular weight is 358 g/mol. The second-order valence-electron chi connectivity index (χ2n) is 6.81. The van der Waals surface area contributed by atoms with Gasteiger partial charge >= 0.3 is 0 Å². The number of nitrogens with zero attached hydrogens (tertiary/aromatic N) is 3. The Morgan fingerprint density at radius 3 is 2.92 bits per heavy atom. The first-order valence-electron chi connectivity index (χ1n) is 9.25. The van der Waals surface area contributed by atoms with E-state index in [0.717, 1.165) is 38.6 Å². The SMILES string of the molecule is CCCCC[C@@H](CN(O)C=O)c1nnc(C2Cc3ccccc3CN2)o1. The van der Waals surface area contributed by atoms with Crippen molar-refractivity contribution in [1.29, 1.82) is 0 Å². The van der Waals surface area contributed by atoms with Gasteiger partial charge in [0.25, 0.3) is 0 Å². The summed E-state index contributed by atoms with van der Waals surface area (Å²) in [5.41, 5.74) is 2.58. The summed E-state index contributed by atoms with van der Waals surface area (Å²) in [6.07, 6.45) is 5.18. The lowest BCUT2D eigenvalue weighted by Crippen LogP contribution is -2.28. The zero-order chi connectivity index (χ0) is 18.4. The highest BCUT2D eigenvalue weighted by molar-refractivity contribution is 5.44. The topological polar surface area (TPSA) is 91.5 Å². The second-order valence-corrected chi connectivity index (χ2v) is 6.81. The summed E-state index contributed by atoms with van der Waals surface area (Å²) in [6, 6.07) is 8.32. The molecule has 7 nitrogen and oxygen atoms in total. The highest BCUT2D eigenvalue weighted by Crippen LogP contribution is 2.28. The van der Waals surface area contributed by atoms with Gasteiger partial charge in [-0.05, 0) is 24.0 Å². The van der Waals surface area contributed by atoms with E-state index >= 15 is 0 Å². The van der Waals surface area contributed by atoms with E-state index in [1.54, 1.807) is 0 Å². The van der Waals surface area contributed by atoms with Gasteiger partial charge in [0, 0.05) is 6.54 Å². The maximum absolute atomic E-state index is 10.8. The second kappa shape index (κ2) is 8.91. The summed E-state index contributed by atoms with van der Waals surface area (Å²) in [6.45, 7) is 3.07. The van der Waals surface area contributed by atoms with Crippen molar-refractivity contribution in [2.24, 2.45) is 0 Å². The van der Waals surface area contributed by atoms with Crippen LogP contribution in [0.15, 0.2) is 28.7 Å². The van der Waals surface area contributed by atoms with Gasteiger partial charge in [0.15, 0.2) is 0 Å². The first-order chi connectivity index (χ1) is 12.7. The van der Waals surface area contributed by atoms with Crippen molar-refractivity contribution in [2.45, 2.75) is 57.5 Å². The van der Waals surface area contributed by atoms with Crippen LogP contribution < -0.4 is 5.32 Å². The van der Waals surface area contributed by atoms with Crippen molar-refractivity contribution in [2.75, 3.05) is 6.54 Å². The minimum absolute atomic E-state index is 0.0151. The molecule has 0 bridgehead atoms. The third kappa shape index (κ3) is 4.47.